The van der Waals surface area contributed by atoms with Gasteiger partial charge in [0.15, 0.2) is 0 Å². The Balaban J connectivity index is 2.15. The molecular formula is C16H28O2. The van der Waals surface area contributed by atoms with Gasteiger partial charge in [0.1, 0.15) is 0 Å². The molecule has 0 bridgehead atoms. The van der Waals surface area contributed by atoms with Crippen LogP contribution in [-0.4, -0.2) is 12.6 Å². The van der Waals surface area contributed by atoms with Gasteiger partial charge in [0.25, 0.3) is 0 Å². The Bertz CT molecular complexity index is 312. The Morgan fingerprint density at radius 1 is 1.22 bits per heavy atom. The molecule has 2 rings (SSSR count). The monoisotopic (exact) mass is 252 g/mol. The summed E-state index contributed by atoms with van der Waals surface area (Å²) in [7, 11) is 0. The number of hydrogen-bond donors (Lipinski definition) is 0. The molecule has 2 heteroatoms. The molecule has 2 saturated carbocycles. The van der Waals surface area contributed by atoms with Crippen LogP contribution in [-0.2, 0) is 9.53 Å². The van der Waals surface area contributed by atoms with E-state index in [0.29, 0.717) is 23.9 Å². The van der Waals surface area contributed by atoms with Crippen molar-refractivity contribution in [2.24, 2.45) is 29.1 Å². The fourth-order valence-corrected chi connectivity index (χ4v) is 4.77. The summed E-state index contributed by atoms with van der Waals surface area (Å²) in [5.41, 5.74) is 0.394. The fraction of sp³-hybridized carbons (Fsp3) is 0.938. The van der Waals surface area contributed by atoms with Gasteiger partial charge >= 0.3 is 5.97 Å². The Hall–Kier alpha value is -0.530. The minimum absolute atomic E-state index is 0.128. The zero-order chi connectivity index (χ0) is 13.3. The predicted molar refractivity (Wildman–Crippen MR) is 73.1 cm³/mol. The Labute approximate surface area is 111 Å². The first kappa shape index (κ1) is 13.9. The van der Waals surface area contributed by atoms with Crippen LogP contribution in [0, 0.1) is 29.1 Å². The summed E-state index contributed by atoms with van der Waals surface area (Å²) < 4.78 is 5.36. The Morgan fingerprint density at radius 3 is 2.61 bits per heavy atom. The average molecular weight is 252 g/mol. The third-order valence-electron chi connectivity index (χ3n) is 5.84. The topological polar surface area (TPSA) is 26.3 Å². The zero-order valence-electron chi connectivity index (χ0n) is 12.4. The van der Waals surface area contributed by atoms with Gasteiger partial charge in [-0.1, -0.05) is 40.0 Å². The quantitative estimate of drug-likeness (QED) is 0.693. The van der Waals surface area contributed by atoms with E-state index in [1.54, 1.807) is 0 Å². The molecular weight excluding hydrogens is 224 g/mol. The molecule has 0 heterocycles. The SMILES string of the molecule is CC(=O)OCC1C(C)CCC2C(C)CCCC21C. The molecule has 0 amide bonds. The number of carbonyl (C=O) groups is 1. The highest BCUT2D eigenvalue weighted by molar-refractivity contribution is 5.65. The van der Waals surface area contributed by atoms with Crippen LogP contribution >= 0.6 is 0 Å². The van der Waals surface area contributed by atoms with Crippen LogP contribution in [0.3, 0.4) is 0 Å². The molecule has 2 aliphatic rings. The maximum absolute atomic E-state index is 11.1. The minimum Gasteiger partial charge on any atom is -0.466 e. The smallest absolute Gasteiger partial charge is 0.302 e. The zero-order valence-corrected chi connectivity index (χ0v) is 12.4. The van der Waals surface area contributed by atoms with E-state index in [9.17, 15) is 4.79 Å². The fourth-order valence-electron chi connectivity index (χ4n) is 4.77. The number of carbonyl (C=O) groups excluding carboxylic acids is 1. The number of ether oxygens (including phenoxy) is 1. The van der Waals surface area contributed by atoms with Crippen molar-refractivity contribution in [3.8, 4) is 0 Å². The van der Waals surface area contributed by atoms with Gasteiger partial charge in [-0.05, 0) is 36.0 Å². The summed E-state index contributed by atoms with van der Waals surface area (Å²) in [5.74, 6) is 2.80. The largest absolute Gasteiger partial charge is 0.466 e. The minimum atomic E-state index is -0.128. The van der Waals surface area contributed by atoms with E-state index < -0.39 is 0 Å². The average Bonchev–Trinajstić information content (AvgIpc) is 2.27. The normalized spacial score (nSPS) is 44.2. The molecule has 5 atom stereocenters. The van der Waals surface area contributed by atoms with E-state index in [1.807, 2.05) is 0 Å². The first-order valence-electron chi connectivity index (χ1n) is 7.58. The van der Waals surface area contributed by atoms with Crippen LogP contribution in [0.5, 0.6) is 0 Å². The van der Waals surface area contributed by atoms with Gasteiger partial charge in [0, 0.05) is 12.8 Å². The van der Waals surface area contributed by atoms with Crippen LogP contribution in [0.25, 0.3) is 0 Å². The molecule has 0 aromatic heterocycles. The predicted octanol–water partition coefficient (Wildman–Crippen LogP) is 4.04. The molecule has 2 fully saturated rings. The lowest BCUT2D eigenvalue weighted by molar-refractivity contribution is -0.149. The van der Waals surface area contributed by atoms with Crippen molar-refractivity contribution in [2.75, 3.05) is 6.61 Å². The van der Waals surface area contributed by atoms with Crippen LogP contribution in [0.15, 0.2) is 0 Å². The maximum Gasteiger partial charge on any atom is 0.302 e. The van der Waals surface area contributed by atoms with Gasteiger partial charge < -0.3 is 4.74 Å². The molecule has 104 valence electrons. The third kappa shape index (κ3) is 2.44. The van der Waals surface area contributed by atoms with Crippen LogP contribution in [0.2, 0.25) is 0 Å². The van der Waals surface area contributed by atoms with Crippen molar-refractivity contribution in [3.63, 3.8) is 0 Å². The number of rotatable bonds is 2. The Morgan fingerprint density at radius 2 is 1.94 bits per heavy atom. The summed E-state index contributed by atoms with van der Waals surface area (Å²) in [6, 6.07) is 0. The lowest BCUT2D eigenvalue weighted by Crippen LogP contribution is -2.49. The molecule has 2 nitrogen and oxygen atoms in total. The highest BCUT2D eigenvalue weighted by atomic mass is 16.5. The van der Waals surface area contributed by atoms with Gasteiger partial charge in [-0.3, -0.25) is 4.79 Å². The first-order valence-corrected chi connectivity index (χ1v) is 7.58. The molecule has 0 aromatic carbocycles. The van der Waals surface area contributed by atoms with Gasteiger partial charge in [0.05, 0.1) is 6.61 Å². The molecule has 0 saturated heterocycles. The number of esters is 1. The second-order valence-corrected chi connectivity index (χ2v) is 6.95. The standard InChI is InChI=1S/C16H28O2/c1-11-6-5-9-16(4)14(11)8-7-12(2)15(16)10-18-13(3)17/h11-12,14-15H,5-10H2,1-4H3. The highest BCUT2D eigenvalue weighted by Crippen LogP contribution is 2.56. The molecule has 0 aliphatic heterocycles. The van der Waals surface area contributed by atoms with Crippen LogP contribution < -0.4 is 0 Å². The van der Waals surface area contributed by atoms with Crippen molar-refractivity contribution in [2.45, 2.75) is 59.8 Å². The van der Waals surface area contributed by atoms with Crippen molar-refractivity contribution >= 4 is 5.97 Å². The van der Waals surface area contributed by atoms with Gasteiger partial charge in [-0.2, -0.15) is 0 Å². The summed E-state index contributed by atoms with van der Waals surface area (Å²) in [5, 5.41) is 0. The summed E-state index contributed by atoms with van der Waals surface area (Å²) in [6.45, 7) is 9.38. The molecule has 5 unspecified atom stereocenters. The van der Waals surface area contributed by atoms with Gasteiger partial charge in [0.2, 0.25) is 0 Å². The molecule has 0 spiro atoms. The van der Waals surface area contributed by atoms with E-state index in [-0.39, 0.29) is 5.97 Å². The summed E-state index contributed by atoms with van der Waals surface area (Å²) in [4.78, 5) is 11.1. The van der Waals surface area contributed by atoms with Crippen molar-refractivity contribution < 1.29 is 9.53 Å². The lowest BCUT2D eigenvalue weighted by Gasteiger charge is -2.55. The van der Waals surface area contributed by atoms with E-state index in [2.05, 4.69) is 20.8 Å². The number of hydrogen-bond acceptors (Lipinski definition) is 2. The molecule has 2 aliphatic carbocycles. The second kappa shape index (κ2) is 5.22. The van der Waals surface area contributed by atoms with E-state index in [0.717, 1.165) is 11.8 Å². The molecule has 18 heavy (non-hydrogen) atoms. The summed E-state index contributed by atoms with van der Waals surface area (Å²) >= 11 is 0. The molecule has 0 radical (unpaired) electrons. The second-order valence-electron chi connectivity index (χ2n) is 6.95. The molecule has 0 aromatic rings. The van der Waals surface area contributed by atoms with Crippen LogP contribution in [0.1, 0.15) is 59.8 Å². The van der Waals surface area contributed by atoms with Crippen molar-refractivity contribution in [3.05, 3.63) is 0 Å². The number of fused-ring (bicyclic) bond motifs is 1. The molecule has 0 N–H and O–H groups in total. The van der Waals surface area contributed by atoms with E-state index in [4.69, 9.17) is 4.74 Å². The first-order chi connectivity index (χ1) is 8.45. The van der Waals surface area contributed by atoms with Crippen molar-refractivity contribution in [1.82, 2.24) is 0 Å². The van der Waals surface area contributed by atoms with E-state index in [1.165, 1.54) is 39.0 Å². The summed E-state index contributed by atoms with van der Waals surface area (Å²) in [6.07, 6.45) is 6.72. The van der Waals surface area contributed by atoms with Gasteiger partial charge in [-0.25, -0.2) is 0 Å². The highest BCUT2D eigenvalue weighted by Gasteiger charge is 2.50. The van der Waals surface area contributed by atoms with Gasteiger partial charge in [-0.15, -0.1) is 0 Å². The van der Waals surface area contributed by atoms with E-state index >= 15 is 0 Å². The third-order valence-corrected chi connectivity index (χ3v) is 5.84. The Kier molecular flexibility index (Phi) is 4.03. The van der Waals surface area contributed by atoms with Crippen LogP contribution in [0.4, 0.5) is 0 Å². The maximum atomic E-state index is 11.1. The van der Waals surface area contributed by atoms with Crippen molar-refractivity contribution in [1.29, 1.82) is 0 Å². The lowest BCUT2D eigenvalue weighted by atomic mass is 9.50.